The molecule has 0 aliphatic carbocycles. The second-order valence-electron chi connectivity index (χ2n) is 6.30. The summed E-state index contributed by atoms with van der Waals surface area (Å²) in [5.74, 6) is 0. The fraction of sp³-hybridized carbons (Fsp3) is 0.200. The smallest absolute Gasteiger partial charge is 0.239 e. The van der Waals surface area contributed by atoms with E-state index < -0.39 is 0 Å². The zero-order valence-electron chi connectivity index (χ0n) is 14.0. The van der Waals surface area contributed by atoms with E-state index >= 15 is 0 Å². The number of aryl methyl sites for hydroxylation is 3. The third kappa shape index (κ3) is 2.04. The molecule has 0 unspecified atom stereocenters. The van der Waals surface area contributed by atoms with Crippen molar-refractivity contribution < 1.29 is 4.57 Å². The van der Waals surface area contributed by atoms with Gasteiger partial charge in [-0.1, -0.05) is 17.7 Å². The number of nitrogens with zero attached hydrogens (tertiary/aromatic N) is 3. The number of hydrogen-bond acceptors (Lipinski definition) is 1. The molecule has 3 nitrogen and oxygen atoms in total. The summed E-state index contributed by atoms with van der Waals surface area (Å²) in [7, 11) is 2.11. The Labute approximate surface area is 135 Å². The minimum atomic E-state index is 0.983. The summed E-state index contributed by atoms with van der Waals surface area (Å²) in [5, 5.41) is 0. The largest absolute Gasteiger partial charge is 0.294 e. The Bertz CT molecular complexity index is 1060. The van der Waals surface area contributed by atoms with Crippen LogP contribution in [0.1, 0.15) is 16.7 Å². The van der Waals surface area contributed by atoms with Crippen LogP contribution in [0.15, 0.2) is 48.8 Å². The minimum Gasteiger partial charge on any atom is -0.294 e. The molecule has 0 fully saturated rings. The molecule has 0 spiro atoms. The third-order valence-corrected chi connectivity index (χ3v) is 4.66. The highest BCUT2D eigenvalue weighted by Gasteiger charge is 2.22. The highest BCUT2D eigenvalue weighted by atomic mass is 15.0. The highest BCUT2D eigenvalue weighted by Crippen LogP contribution is 2.30. The molecule has 0 saturated heterocycles. The Balaban J connectivity index is 2.21. The van der Waals surface area contributed by atoms with Crippen molar-refractivity contribution in [2.24, 2.45) is 7.05 Å². The maximum atomic E-state index is 4.77. The van der Waals surface area contributed by atoms with E-state index in [0.29, 0.717) is 0 Å². The van der Waals surface area contributed by atoms with Crippen LogP contribution in [0.25, 0.3) is 27.9 Å². The monoisotopic (exact) mass is 302 g/mol. The normalized spacial score (nSPS) is 11.5. The van der Waals surface area contributed by atoms with Crippen LogP contribution >= 0.6 is 0 Å². The molecule has 1 aromatic carbocycles. The summed E-state index contributed by atoms with van der Waals surface area (Å²) in [4.78, 5) is 4.77. The molecule has 0 radical (unpaired) electrons. The van der Waals surface area contributed by atoms with Crippen LogP contribution in [0.3, 0.4) is 0 Å². The number of rotatable bonds is 1. The average molecular weight is 302 g/mol. The highest BCUT2D eigenvalue weighted by molar-refractivity contribution is 5.91. The van der Waals surface area contributed by atoms with Crippen LogP contribution in [0, 0.1) is 20.8 Å². The lowest BCUT2D eigenvalue weighted by atomic mass is 9.96. The molecule has 3 aromatic heterocycles. The number of imidazole rings is 1. The van der Waals surface area contributed by atoms with Crippen LogP contribution in [-0.4, -0.2) is 9.38 Å². The topological polar surface area (TPSA) is 21.2 Å². The predicted octanol–water partition coefficient (Wildman–Crippen LogP) is 3.90. The van der Waals surface area contributed by atoms with Gasteiger partial charge in [0.25, 0.3) is 0 Å². The quantitative estimate of drug-likeness (QED) is 0.489. The molecule has 0 N–H and O–H groups in total. The summed E-state index contributed by atoms with van der Waals surface area (Å²) in [5.41, 5.74) is 9.61. The van der Waals surface area contributed by atoms with E-state index in [0.717, 1.165) is 11.2 Å². The van der Waals surface area contributed by atoms with Crippen LogP contribution < -0.4 is 4.57 Å². The molecule has 0 amide bonds. The number of fused-ring (bicyclic) bond motifs is 3. The van der Waals surface area contributed by atoms with Gasteiger partial charge in [-0.25, -0.2) is 4.98 Å². The van der Waals surface area contributed by atoms with Crippen molar-refractivity contribution >= 4 is 16.7 Å². The molecule has 23 heavy (non-hydrogen) atoms. The number of hydrogen-bond donors (Lipinski definition) is 0. The van der Waals surface area contributed by atoms with Crippen LogP contribution in [0.2, 0.25) is 0 Å². The first-order chi connectivity index (χ1) is 11.1. The van der Waals surface area contributed by atoms with Gasteiger partial charge in [-0.3, -0.25) is 4.40 Å². The molecular formula is C20H20N3+. The lowest BCUT2D eigenvalue weighted by Gasteiger charge is -2.10. The molecule has 3 heterocycles. The molecule has 0 atom stereocenters. The standard InChI is InChI=1S/C20H20N3/c1-13-11-14(2)15(3)16(12-13)19-20-17(8-10-22(19)4)21-18-7-5-6-9-23(18)20/h5-12H,1-4H3/q+1. The van der Waals surface area contributed by atoms with Crippen molar-refractivity contribution in [3.8, 4) is 11.3 Å². The molecule has 114 valence electrons. The van der Waals surface area contributed by atoms with E-state index in [2.05, 4.69) is 79.5 Å². The Hall–Kier alpha value is -2.68. The van der Waals surface area contributed by atoms with Crippen molar-refractivity contribution in [3.63, 3.8) is 0 Å². The van der Waals surface area contributed by atoms with Gasteiger partial charge < -0.3 is 0 Å². The van der Waals surface area contributed by atoms with Gasteiger partial charge in [-0.15, -0.1) is 0 Å². The molecule has 4 aromatic rings. The minimum absolute atomic E-state index is 0.983. The first-order valence-corrected chi connectivity index (χ1v) is 7.90. The molecular weight excluding hydrogens is 282 g/mol. The van der Waals surface area contributed by atoms with Crippen molar-refractivity contribution in [1.82, 2.24) is 9.38 Å². The first kappa shape index (κ1) is 13.9. The number of aromatic nitrogens is 3. The second-order valence-corrected chi connectivity index (χ2v) is 6.30. The van der Waals surface area contributed by atoms with Crippen LogP contribution in [0.4, 0.5) is 0 Å². The molecule has 0 aliphatic rings. The zero-order chi connectivity index (χ0) is 16.1. The van der Waals surface area contributed by atoms with Gasteiger partial charge in [-0.2, -0.15) is 4.57 Å². The SMILES string of the molecule is Cc1cc(C)c(C)c(-c2c3c(cc[n+]2C)nc2ccccn23)c1. The van der Waals surface area contributed by atoms with Gasteiger partial charge in [-0.05, 0) is 50.1 Å². The Morgan fingerprint density at radius 3 is 2.70 bits per heavy atom. The van der Waals surface area contributed by atoms with Crippen molar-refractivity contribution in [2.75, 3.05) is 0 Å². The van der Waals surface area contributed by atoms with Crippen molar-refractivity contribution in [1.29, 1.82) is 0 Å². The lowest BCUT2D eigenvalue weighted by Crippen LogP contribution is -2.31. The molecule has 0 aliphatic heterocycles. The molecule has 4 rings (SSSR count). The van der Waals surface area contributed by atoms with E-state index in [1.54, 1.807) is 0 Å². The third-order valence-electron chi connectivity index (χ3n) is 4.66. The molecule has 0 bridgehead atoms. The van der Waals surface area contributed by atoms with Gasteiger partial charge in [0.1, 0.15) is 23.7 Å². The van der Waals surface area contributed by atoms with Crippen molar-refractivity contribution in [2.45, 2.75) is 20.8 Å². The zero-order valence-corrected chi connectivity index (χ0v) is 14.0. The molecule has 3 heteroatoms. The first-order valence-electron chi connectivity index (χ1n) is 7.90. The van der Waals surface area contributed by atoms with Gasteiger partial charge in [0.05, 0.1) is 5.56 Å². The van der Waals surface area contributed by atoms with E-state index in [1.165, 1.54) is 33.5 Å². The number of pyridine rings is 2. The maximum Gasteiger partial charge on any atom is 0.239 e. The number of benzene rings is 1. The summed E-state index contributed by atoms with van der Waals surface area (Å²) in [6, 6.07) is 12.7. The van der Waals surface area contributed by atoms with E-state index in [1.807, 2.05) is 6.07 Å². The van der Waals surface area contributed by atoms with Crippen LogP contribution in [0.5, 0.6) is 0 Å². The lowest BCUT2D eigenvalue weighted by molar-refractivity contribution is -0.659. The Morgan fingerprint density at radius 2 is 1.87 bits per heavy atom. The van der Waals surface area contributed by atoms with E-state index in [-0.39, 0.29) is 0 Å². The van der Waals surface area contributed by atoms with Gasteiger partial charge in [0, 0.05) is 12.3 Å². The predicted molar refractivity (Wildman–Crippen MR) is 93.5 cm³/mol. The fourth-order valence-electron chi connectivity index (χ4n) is 3.39. The van der Waals surface area contributed by atoms with E-state index in [9.17, 15) is 0 Å². The fourth-order valence-corrected chi connectivity index (χ4v) is 3.39. The second kappa shape index (κ2) is 4.92. The summed E-state index contributed by atoms with van der Waals surface area (Å²) < 4.78 is 4.38. The summed E-state index contributed by atoms with van der Waals surface area (Å²) >= 11 is 0. The Kier molecular flexibility index (Phi) is 2.98. The summed E-state index contributed by atoms with van der Waals surface area (Å²) in [6.45, 7) is 6.54. The van der Waals surface area contributed by atoms with Crippen LogP contribution in [-0.2, 0) is 7.05 Å². The average Bonchev–Trinajstić information content (AvgIpc) is 2.90. The van der Waals surface area contributed by atoms with Crippen molar-refractivity contribution in [3.05, 3.63) is 65.5 Å². The van der Waals surface area contributed by atoms with Gasteiger partial charge in [0.2, 0.25) is 5.69 Å². The van der Waals surface area contributed by atoms with Gasteiger partial charge in [0.15, 0.2) is 6.20 Å². The molecule has 0 saturated carbocycles. The van der Waals surface area contributed by atoms with Gasteiger partial charge >= 0.3 is 0 Å². The maximum absolute atomic E-state index is 4.77. The Morgan fingerprint density at radius 1 is 1.04 bits per heavy atom. The van der Waals surface area contributed by atoms with E-state index in [4.69, 9.17) is 4.98 Å². The summed E-state index contributed by atoms with van der Waals surface area (Å²) in [6.07, 6.45) is 4.19.